The van der Waals surface area contributed by atoms with Gasteiger partial charge in [0, 0.05) is 0 Å². The zero-order valence-electron chi connectivity index (χ0n) is 13.3. The van der Waals surface area contributed by atoms with Crippen LogP contribution in [0.1, 0.15) is 32.1 Å². The lowest BCUT2D eigenvalue weighted by Crippen LogP contribution is -2.39. The summed E-state index contributed by atoms with van der Waals surface area (Å²) in [5.41, 5.74) is 1.64. The van der Waals surface area contributed by atoms with E-state index in [1.165, 1.54) is 0 Å². The predicted molar refractivity (Wildman–Crippen MR) is 91.4 cm³/mol. The van der Waals surface area contributed by atoms with Gasteiger partial charge in [0.05, 0.1) is 16.1 Å². The SMILES string of the molecule is O=C(NO)[C@H]1CCCCCC1S(=O)(=O)c1ccc2ccccc2c1. The molecule has 0 spiro atoms. The van der Waals surface area contributed by atoms with Gasteiger partial charge in [-0.05, 0) is 35.7 Å². The molecule has 0 radical (unpaired) electrons. The van der Waals surface area contributed by atoms with E-state index in [2.05, 4.69) is 0 Å². The first-order valence-electron chi connectivity index (χ1n) is 8.20. The van der Waals surface area contributed by atoms with Crippen LogP contribution in [0.3, 0.4) is 0 Å². The highest BCUT2D eigenvalue weighted by Gasteiger charge is 2.39. The molecule has 0 bridgehead atoms. The molecule has 0 aliphatic heterocycles. The van der Waals surface area contributed by atoms with Crippen molar-refractivity contribution in [3.63, 3.8) is 0 Å². The molecule has 5 nitrogen and oxygen atoms in total. The Bertz CT molecular complexity index is 847. The Balaban J connectivity index is 2.03. The summed E-state index contributed by atoms with van der Waals surface area (Å²) in [5.74, 6) is -1.32. The fourth-order valence-electron chi connectivity index (χ4n) is 3.55. The molecule has 2 aromatic carbocycles. The second kappa shape index (κ2) is 6.91. The number of carbonyl (C=O) groups excluding carboxylic acids is 1. The molecule has 1 amide bonds. The number of hydrogen-bond donors (Lipinski definition) is 2. The lowest BCUT2D eigenvalue weighted by Gasteiger charge is -2.23. The Morgan fingerprint density at radius 1 is 1.00 bits per heavy atom. The Hall–Kier alpha value is -1.92. The lowest BCUT2D eigenvalue weighted by molar-refractivity contribution is -0.133. The van der Waals surface area contributed by atoms with Gasteiger partial charge in [0.1, 0.15) is 0 Å². The highest BCUT2D eigenvalue weighted by atomic mass is 32.2. The van der Waals surface area contributed by atoms with E-state index < -0.39 is 26.9 Å². The second-order valence-corrected chi connectivity index (χ2v) is 8.48. The minimum Gasteiger partial charge on any atom is -0.289 e. The summed E-state index contributed by atoms with van der Waals surface area (Å²) < 4.78 is 26.3. The zero-order valence-corrected chi connectivity index (χ0v) is 14.1. The van der Waals surface area contributed by atoms with E-state index in [9.17, 15) is 13.2 Å². The number of carbonyl (C=O) groups is 1. The van der Waals surface area contributed by atoms with Gasteiger partial charge in [-0.2, -0.15) is 0 Å². The zero-order chi connectivity index (χ0) is 17.2. The molecule has 1 unspecified atom stereocenters. The largest absolute Gasteiger partial charge is 0.289 e. The summed E-state index contributed by atoms with van der Waals surface area (Å²) in [6, 6.07) is 12.6. The van der Waals surface area contributed by atoms with E-state index >= 15 is 0 Å². The molecule has 1 saturated carbocycles. The molecular weight excluding hydrogens is 326 g/mol. The highest BCUT2D eigenvalue weighted by Crippen LogP contribution is 2.33. The molecule has 6 heteroatoms. The third kappa shape index (κ3) is 3.16. The number of benzene rings is 2. The molecule has 2 aromatic rings. The summed E-state index contributed by atoms with van der Waals surface area (Å²) in [6.07, 6.45) is 3.38. The molecule has 1 aliphatic rings. The van der Waals surface area contributed by atoms with Crippen LogP contribution in [0.2, 0.25) is 0 Å². The number of amides is 1. The quantitative estimate of drug-likeness (QED) is 0.508. The Morgan fingerprint density at radius 3 is 2.46 bits per heavy atom. The predicted octanol–water partition coefficient (Wildman–Crippen LogP) is 3.07. The fourth-order valence-corrected chi connectivity index (χ4v) is 5.61. The summed E-state index contributed by atoms with van der Waals surface area (Å²) in [5, 5.41) is 10.0. The Kier molecular flexibility index (Phi) is 4.87. The van der Waals surface area contributed by atoms with Crippen LogP contribution in [0.25, 0.3) is 10.8 Å². The molecule has 2 N–H and O–H groups in total. The third-order valence-corrected chi connectivity index (χ3v) is 7.12. The van der Waals surface area contributed by atoms with Crippen molar-refractivity contribution in [2.45, 2.75) is 42.2 Å². The minimum absolute atomic E-state index is 0.240. The van der Waals surface area contributed by atoms with Crippen molar-refractivity contribution < 1.29 is 18.4 Å². The van der Waals surface area contributed by atoms with E-state index in [0.717, 1.165) is 30.0 Å². The van der Waals surface area contributed by atoms with Crippen molar-refractivity contribution in [1.29, 1.82) is 0 Å². The molecule has 2 atom stereocenters. The van der Waals surface area contributed by atoms with Crippen LogP contribution in [0.15, 0.2) is 47.4 Å². The fraction of sp³-hybridized carbons (Fsp3) is 0.389. The normalized spacial score (nSPS) is 22.0. The highest BCUT2D eigenvalue weighted by molar-refractivity contribution is 7.92. The van der Waals surface area contributed by atoms with E-state index in [1.54, 1.807) is 23.7 Å². The van der Waals surface area contributed by atoms with Crippen LogP contribution in [0, 0.1) is 5.92 Å². The number of hydroxylamine groups is 1. The van der Waals surface area contributed by atoms with Gasteiger partial charge in [0.25, 0.3) is 0 Å². The molecule has 3 rings (SSSR count). The summed E-state index contributed by atoms with van der Waals surface area (Å²) in [4.78, 5) is 12.2. The van der Waals surface area contributed by atoms with Crippen LogP contribution in [-0.2, 0) is 14.6 Å². The standard InChI is InChI=1S/C18H21NO4S/c20-18(19-21)16-8-2-1-3-9-17(16)24(22,23)15-11-10-13-6-4-5-7-14(13)12-15/h4-7,10-12,16-17,21H,1-3,8-9H2,(H,19,20)/t16-,17?/m0/s1. The molecule has 1 fully saturated rings. The first-order chi connectivity index (χ1) is 11.5. The molecular formula is C18H21NO4S. The van der Waals surface area contributed by atoms with Gasteiger partial charge in [-0.1, -0.05) is 49.6 Å². The lowest BCUT2D eigenvalue weighted by atomic mass is 9.99. The van der Waals surface area contributed by atoms with Crippen molar-refractivity contribution in [1.82, 2.24) is 5.48 Å². The van der Waals surface area contributed by atoms with E-state index in [-0.39, 0.29) is 4.90 Å². The maximum atomic E-state index is 13.2. The molecule has 128 valence electrons. The molecule has 0 saturated heterocycles. The second-order valence-electron chi connectivity index (χ2n) is 6.31. The van der Waals surface area contributed by atoms with Crippen molar-refractivity contribution in [2.75, 3.05) is 0 Å². The topological polar surface area (TPSA) is 83.5 Å². The maximum absolute atomic E-state index is 13.2. The first-order valence-corrected chi connectivity index (χ1v) is 9.75. The Morgan fingerprint density at radius 2 is 1.71 bits per heavy atom. The van der Waals surface area contributed by atoms with Crippen molar-refractivity contribution in [2.24, 2.45) is 5.92 Å². The number of sulfone groups is 1. The first kappa shape index (κ1) is 16.9. The average Bonchev–Trinajstić information content (AvgIpc) is 2.87. The van der Waals surface area contributed by atoms with Crippen molar-refractivity contribution in [3.05, 3.63) is 42.5 Å². The molecule has 24 heavy (non-hydrogen) atoms. The van der Waals surface area contributed by atoms with Gasteiger partial charge in [-0.25, -0.2) is 13.9 Å². The van der Waals surface area contributed by atoms with Crippen LogP contribution < -0.4 is 5.48 Å². The van der Waals surface area contributed by atoms with Gasteiger partial charge >= 0.3 is 0 Å². The third-order valence-electron chi connectivity index (χ3n) is 4.85. The molecule has 1 aliphatic carbocycles. The summed E-state index contributed by atoms with van der Waals surface area (Å²) >= 11 is 0. The Labute approximate surface area is 141 Å². The van der Waals surface area contributed by atoms with E-state index in [4.69, 9.17) is 5.21 Å². The summed E-state index contributed by atoms with van der Waals surface area (Å²) in [6.45, 7) is 0. The average molecular weight is 347 g/mol. The van der Waals surface area contributed by atoms with Gasteiger partial charge in [-0.15, -0.1) is 0 Å². The van der Waals surface area contributed by atoms with Gasteiger partial charge < -0.3 is 0 Å². The van der Waals surface area contributed by atoms with E-state index in [0.29, 0.717) is 12.8 Å². The number of rotatable bonds is 3. The van der Waals surface area contributed by atoms with Gasteiger partial charge in [0.2, 0.25) is 5.91 Å². The van der Waals surface area contributed by atoms with Gasteiger partial charge in [0.15, 0.2) is 9.84 Å². The van der Waals surface area contributed by atoms with Crippen molar-refractivity contribution in [3.8, 4) is 0 Å². The summed E-state index contributed by atoms with van der Waals surface area (Å²) in [7, 11) is -3.65. The van der Waals surface area contributed by atoms with Crippen molar-refractivity contribution >= 4 is 26.5 Å². The number of hydrogen-bond acceptors (Lipinski definition) is 4. The van der Waals surface area contributed by atoms with Crippen LogP contribution >= 0.6 is 0 Å². The maximum Gasteiger partial charge on any atom is 0.247 e. The van der Waals surface area contributed by atoms with Crippen LogP contribution in [-0.4, -0.2) is 24.8 Å². The van der Waals surface area contributed by atoms with Crippen LogP contribution in [0.4, 0.5) is 0 Å². The number of fused-ring (bicyclic) bond motifs is 1. The minimum atomic E-state index is -3.65. The smallest absolute Gasteiger partial charge is 0.247 e. The molecule has 0 heterocycles. The monoisotopic (exact) mass is 347 g/mol. The van der Waals surface area contributed by atoms with Crippen LogP contribution in [0.5, 0.6) is 0 Å². The molecule has 0 aromatic heterocycles. The number of nitrogens with one attached hydrogen (secondary N) is 1. The van der Waals surface area contributed by atoms with Gasteiger partial charge in [-0.3, -0.25) is 10.0 Å². The van der Waals surface area contributed by atoms with E-state index in [1.807, 2.05) is 24.3 Å².